The van der Waals surface area contributed by atoms with E-state index in [9.17, 15) is 0 Å². The van der Waals surface area contributed by atoms with Gasteiger partial charge in [0, 0.05) is 13.1 Å². The van der Waals surface area contributed by atoms with E-state index in [1.54, 1.807) is 0 Å². The van der Waals surface area contributed by atoms with Crippen molar-refractivity contribution < 1.29 is 0 Å². The van der Waals surface area contributed by atoms with E-state index in [-0.39, 0.29) is 0 Å². The van der Waals surface area contributed by atoms with Gasteiger partial charge in [0.2, 0.25) is 0 Å². The fraction of sp³-hybridized carbons (Fsp3) is 1.00. The molecule has 1 aliphatic rings. The van der Waals surface area contributed by atoms with Crippen LogP contribution in [0.4, 0.5) is 0 Å². The Bertz CT molecular complexity index is 193. The summed E-state index contributed by atoms with van der Waals surface area (Å²) < 4.78 is 0. The first-order valence-corrected chi connectivity index (χ1v) is 7.43. The van der Waals surface area contributed by atoms with Gasteiger partial charge < -0.3 is 4.90 Å². The summed E-state index contributed by atoms with van der Waals surface area (Å²) >= 11 is 4.53. The van der Waals surface area contributed by atoms with Crippen LogP contribution in [0.1, 0.15) is 47.0 Å². The lowest BCUT2D eigenvalue weighted by Gasteiger charge is -2.34. The summed E-state index contributed by atoms with van der Waals surface area (Å²) in [5.74, 6) is 2.72. The number of nitrogens with zero attached hydrogens (tertiary/aromatic N) is 1. The Morgan fingerprint density at radius 2 is 1.94 bits per heavy atom. The Hall–Kier alpha value is 0.310. The zero-order valence-corrected chi connectivity index (χ0v) is 12.4. The van der Waals surface area contributed by atoms with Gasteiger partial charge in [-0.05, 0) is 48.8 Å². The maximum atomic E-state index is 4.53. The highest BCUT2D eigenvalue weighted by molar-refractivity contribution is 7.80. The number of hydrogen-bond acceptors (Lipinski definition) is 2. The van der Waals surface area contributed by atoms with Crippen molar-refractivity contribution in [1.82, 2.24) is 4.90 Å². The van der Waals surface area contributed by atoms with Crippen LogP contribution in [0, 0.1) is 17.3 Å². The number of hydrogen-bond donors (Lipinski definition) is 1. The van der Waals surface area contributed by atoms with Crippen LogP contribution < -0.4 is 0 Å². The smallest absolute Gasteiger partial charge is 0.00226 e. The Balaban J connectivity index is 2.43. The Labute approximate surface area is 107 Å². The average molecular weight is 243 g/mol. The molecule has 1 saturated carbocycles. The van der Waals surface area contributed by atoms with E-state index < -0.39 is 0 Å². The van der Waals surface area contributed by atoms with Gasteiger partial charge in [-0.3, -0.25) is 0 Å². The molecule has 0 heterocycles. The van der Waals surface area contributed by atoms with Crippen LogP contribution in [0.5, 0.6) is 0 Å². The molecule has 0 saturated heterocycles. The summed E-state index contributed by atoms with van der Waals surface area (Å²) in [4.78, 5) is 2.67. The van der Waals surface area contributed by atoms with Crippen LogP contribution in [-0.2, 0) is 0 Å². The van der Waals surface area contributed by atoms with Gasteiger partial charge in [-0.2, -0.15) is 12.6 Å². The molecule has 1 unspecified atom stereocenters. The highest BCUT2D eigenvalue weighted by Crippen LogP contribution is 2.32. The highest BCUT2D eigenvalue weighted by atomic mass is 32.1. The van der Waals surface area contributed by atoms with Crippen LogP contribution in [-0.4, -0.2) is 30.3 Å². The minimum absolute atomic E-state index is 0.386. The lowest BCUT2D eigenvalue weighted by atomic mass is 9.81. The van der Waals surface area contributed by atoms with Crippen LogP contribution >= 0.6 is 12.6 Å². The van der Waals surface area contributed by atoms with Crippen LogP contribution in [0.15, 0.2) is 0 Å². The van der Waals surface area contributed by atoms with E-state index in [4.69, 9.17) is 0 Å². The molecule has 0 amide bonds. The summed E-state index contributed by atoms with van der Waals surface area (Å²) in [7, 11) is 0. The summed E-state index contributed by atoms with van der Waals surface area (Å²) in [6, 6.07) is 0. The van der Waals surface area contributed by atoms with Crippen molar-refractivity contribution in [1.29, 1.82) is 0 Å². The third-order valence-corrected chi connectivity index (χ3v) is 4.12. The molecule has 0 radical (unpaired) electrons. The molecule has 0 aromatic carbocycles. The van der Waals surface area contributed by atoms with Crippen molar-refractivity contribution in [3.63, 3.8) is 0 Å². The Kier molecular flexibility index (Phi) is 5.66. The zero-order valence-electron chi connectivity index (χ0n) is 11.5. The maximum Gasteiger partial charge on any atom is 0.00226 e. The molecule has 96 valence electrons. The molecule has 1 aliphatic carbocycles. The summed E-state index contributed by atoms with van der Waals surface area (Å²) in [6.45, 7) is 13.1. The second-order valence-corrected chi connectivity index (χ2v) is 6.81. The lowest BCUT2D eigenvalue weighted by Crippen LogP contribution is -2.38. The van der Waals surface area contributed by atoms with E-state index in [0.717, 1.165) is 11.7 Å². The molecule has 0 aliphatic heterocycles. The second kappa shape index (κ2) is 6.30. The second-order valence-electron chi connectivity index (χ2n) is 6.45. The molecule has 0 aromatic heterocycles. The first-order valence-electron chi connectivity index (χ1n) is 6.80. The lowest BCUT2D eigenvalue weighted by molar-refractivity contribution is 0.160. The quantitative estimate of drug-likeness (QED) is 0.667. The van der Waals surface area contributed by atoms with Crippen LogP contribution in [0.2, 0.25) is 0 Å². The predicted octanol–water partition coefficient (Wildman–Crippen LogP) is 3.70. The van der Waals surface area contributed by atoms with E-state index in [1.807, 2.05) is 0 Å². The van der Waals surface area contributed by atoms with Gasteiger partial charge in [-0.25, -0.2) is 0 Å². The van der Waals surface area contributed by atoms with Crippen molar-refractivity contribution in [3.8, 4) is 0 Å². The molecule has 0 bridgehead atoms. The molecular formula is C14H29NS. The van der Waals surface area contributed by atoms with E-state index >= 15 is 0 Å². The Morgan fingerprint density at radius 1 is 1.31 bits per heavy atom. The molecule has 1 fully saturated rings. The standard InChI is InChI=1S/C14H29NS/c1-5-8-15(9-12-6-7-12)10-13(11-16)14(2,3)4/h12-13,16H,5-11H2,1-4H3. The van der Waals surface area contributed by atoms with Gasteiger partial charge >= 0.3 is 0 Å². The molecule has 1 atom stereocenters. The minimum Gasteiger partial charge on any atom is -0.303 e. The van der Waals surface area contributed by atoms with Gasteiger partial charge in [0.05, 0.1) is 0 Å². The SMILES string of the molecule is CCCN(CC1CC1)CC(CS)C(C)(C)C. The van der Waals surface area contributed by atoms with Gasteiger partial charge in [0.15, 0.2) is 0 Å². The van der Waals surface area contributed by atoms with Crippen molar-refractivity contribution in [3.05, 3.63) is 0 Å². The van der Waals surface area contributed by atoms with Crippen molar-refractivity contribution in [2.45, 2.75) is 47.0 Å². The Morgan fingerprint density at radius 3 is 2.31 bits per heavy atom. The van der Waals surface area contributed by atoms with E-state index in [1.165, 1.54) is 38.9 Å². The largest absolute Gasteiger partial charge is 0.303 e. The summed E-state index contributed by atoms with van der Waals surface area (Å²) in [6.07, 6.45) is 4.19. The third-order valence-electron chi connectivity index (χ3n) is 3.68. The molecular weight excluding hydrogens is 214 g/mol. The molecule has 0 spiro atoms. The summed E-state index contributed by atoms with van der Waals surface area (Å²) in [5.41, 5.74) is 0.386. The first kappa shape index (κ1) is 14.4. The molecule has 1 nitrogen and oxygen atoms in total. The van der Waals surface area contributed by atoms with Crippen molar-refractivity contribution in [2.24, 2.45) is 17.3 Å². The topological polar surface area (TPSA) is 3.24 Å². The van der Waals surface area contributed by atoms with Crippen molar-refractivity contribution in [2.75, 3.05) is 25.4 Å². The van der Waals surface area contributed by atoms with E-state index in [0.29, 0.717) is 11.3 Å². The minimum atomic E-state index is 0.386. The molecule has 2 heteroatoms. The van der Waals surface area contributed by atoms with Gasteiger partial charge in [-0.1, -0.05) is 27.7 Å². The molecule has 0 N–H and O–H groups in total. The van der Waals surface area contributed by atoms with Gasteiger partial charge in [-0.15, -0.1) is 0 Å². The molecule has 16 heavy (non-hydrogen) atoms. The summed E-state index contributed by atoms with van der Waals surface area (Å²) in [5, 5.41) is 0. The van der Waals surface area contributed by atoms with Crippen LogP contribution in [0.3, 0.4) is 0 Å². The first-order chi connectivity index (χ1) is 7.47. The normalized spacial score (nSPS) is 19.1. The van der Waals surface area contributed by atoms with Crippen molar-refractivity contribution >= 4 is 12.6 Å². The number of thiol groups is 1. The van der Waals surface area contributed by atoms with Crippen LogP contribution in [0.25, 0.3) is 0 Å². The molecule has 1 rings (SSSR count). The number of rotatable bonds is 7. The van der Waals surface area contributed by atoms with Gasteiger partial charge in [0.25, 0.3) is 0 Å². The fourth-order valence-corrected chi connectivity index (χ4v) is 2.82. The third kappa shape index (κ3) is 5.09. The monoisotopic (exact) mass is 243 g/mol. The zero-order chi connectivity index (χ0) is 12.2. The predicted molar refractivity (Wildman–Crippen MR) is 76.3 cm³/mol. The fourth-order valence-electron chi connectivity index (χ4n) is 2.16. The highest BCUT2D eigenvalue weighted by Gasteiger charge is 2.28. The average Bonchev–Trinajstić information content (AvgIpc) is 2.96. The van der Waals surface area contributed by atoms with E-state index in [2.05, 4.69) is 45.2 Å². The molecule has 0 aromatic rings. The van der Waals surface area contributed by atoms with Gasteiger partial charge in [0.1, 0.15) is 0 Å². The maximum absolute atomic E-state index is 4.53.